The highest BCUT2D eigenvalue weighted by Crippen LogP contribution is 2.43. The molecule has 6 nitrogen and oxygen atoms in total. The molecule has 1 unspecified atom stereocenters. The molecule has 35 heavy (non-hydrogen) atoms. The Kier molecular flexibility index (Phi) is 6.03. The number of aryl methyl sites for hydroxylation is 2. The molecule has 0 saturated carbocycles. The lowest BCUT2D eigenvalue weighted by molar-refractivity contribution is -0.122. The lowest BCUT2D eigenvalue weighted by Crippen LogP contribution is -2.40. The predicted octanol–water partition coefficient (Wildman–Crippen LogP) is 4.40. The van der Waals surface area contributed by atoms with Gasteiger partial charge in [-0.2, -0.15) is 0 Å². The van der Waals surface area contributed by atoms with Crippen LogP contribution in [0.3, 0.4) is 0 Å². The van der Waals surface area contributed by atoms with Crippen LogP contribution < -0.4 is 10.1 Å². The Morgan fingerprint density at radius 3 is 2.43 bits per heavy atom. The fraction of sp³-hybridized carbons (Fsp3) is 0.241. The Morgan fingerprint density at radius 2 is 1.71 bits per heavy atom. The zero-order chi connectivity index (χ0) is 24.5. The SMILES string of the molecule is COc1ccc(C2c3c(n(C)c4ccccc34)C(=O)N2CC(=O)NCCc2ccc(C)cc2)cc1. The lowest BCUT2D eigenvalue weighted by atomic mass is 9.98. The van der Waals surface area contributed by atoms with Crippen molar-refractivity contribution in [2.75, 3.05) is 20.2 Å². The van der Waals surface area contributed by atoms with Crippen molar-refractivity contribution >= 4 is 22.7 Å². The minimum absolute atomic E-state index is 0.00751. The van der Waals surface area contributed by atoms with E-state index in [4.69, 9.17) is 4.74 Å². The van der Waals surface area contributed by atoms with Gasteiger partial charge in [0.25, 0.3) is 5.91 Å². The summed E-state index contributed by atoms with van der Waals surface area (Å²) in [6.45, 7) is 2.57. The first-order valence-corrected chi connectivity index (χ1v) is 11.8. The van der Waals surface area contributed by atoms with Crippen LogP contribution >= 0.6 is 0 Å². The maximum absolute atomic E-state index is 13.7. The molecule has 6 heteroatoms. The topological polar surface area (TPSA) is 63.6 Å². The van der Waals surface area contributed by atoms with Crippen LogP contribution in [0.4, 0.5) is 0 Å². The van der Waals surface area contributed by atoms with Gasteiger partial charge in [-0.15, -0.1) is 0 Å². The van der Waals surface area contributed by atoms with E-state index in [1.165, 1.54) is 11.1 Å². The highest BCUT2D eigenvalue weighted by atomic mass is 16.5. The molecule has 1 aliphatic heterocycles. The second-order valence-corrected chi connectivity index (χ2v) is 9.03. The number of ether oxygens (including phenoxy) is 1. The van der Waals surface area contributed by atoms with E-state index in [0.717, 1.165) is 34.2 Å². The zero-order valence-corrected chi connectivity index (χ0v) is 20.2. The van der Waals surface area contributed by atoms with Crippen LogP contribution in [0.15, 0.2) is 72.8 Å². The highest BCUT2D eigenvalue weighted by Gasteiger charge is 2.42. The molecule has 0 fully saturated rings. The fourth-order valence-electron chi connectivity index (χ4n) is 4.97. The van der Waals surface area contributed by atoms with Gasteiger partial charge in [0, 0.05) is 30.1 Å². The number of carbonyl (C=O) groups is 2. The van der Waals surface area contributed by atoms with Crippen molar-refractivity contribution in [3.8, 4) is 5.75 Å². The number of methoxy groups -OCH3 is 1. The first-order valence-electron chi connectivity index (χ1n) is 11.8. The first-order chi connectivity index (χ1) is 17.0. The molecular weight excluding hydrogens is 438 g/mol. The van der Waals surface area contributed by atoms with Crippen molar-refractivity contribution < 1.29 is 14.3 Å². The van der Waals surface area contributed by atoms with Gasteiger partial charge in [0.15, 0.2) is 0 Å². The smallest absolute Gasteiger partial charge is 0.272 e. The second kappa shape index (κ2) is 9.29. The third-order valence-corrected chi connectivity index (χ3v) is 6.80. The molecule has 0 bridgehead atoms. The fourth-order valence-corrected chi connectivity index (χ4v) is 4.97. The summed E-state index contributed by atoms with van der Waals surface area (Å²) in [5.41, 5.74) is 5.92. The van der Waals surface area contributed by atoms with Gasteiger partial charge in [-0.25, -0.2) is 0 Å². The first kappa shape index (κ1) is 22.7. The number of rotatable bonds is 7. The Labute approximate surface area is 205 Å². The lowest BCUT2D eigenvalue weighted by Gasteiger charge is -2.26. The summed E-state index contributed by atoms with van der Waals surface area (Å²) in [6.07, 6.45) is 0.743. The van der Waals surface area contributed by atoms with Crippen molar-refractivity contribution in [3.63, 3.8) is 0 Å². The average molecular weight is 468 g/mol. The average Bonchev–Trinajstić information content (AvgIpc) is 3.32. The maximum atomic E-state index is 13.7. The number of fused-ring (bicyclic) bond motifs is 3. The molecule has 0 spiro atoms. The molecule has 0 saturated heterocycles. The van der Waals surface area contributed by atoms with Gasteiger partial charge < -0.3 is 19.5 Å². The van der Waals surface area contributed by atoms with Crippen LogP contribution in [0.1, 0.15) is 38.8 Å². The number of aromatic nitrogens is 1. The summed E-state index contributed by atoms with van der Waals surface area (Å²) in [5.74, 6) is 0.450. The van der Waals surface area contributed by atoms with Gasteiger partial charge in [0.1, 0.15) is 18.0 Å². The van der Waals surface area contributed by atoms with Gasteiger partial charge in [0.05, 0.1) is 13.2 Å². The van der Waals surface area contributed by atoms with Crippen LogP contribution in [0.25, 0.3) is 10.9 Å². The molecule has 1 N–H and O–H groups in total. The van der Waals surface area contributed by atoms with Gasteiger partial charge in [-0.05, 0) is 42.7 Å². The molecule has 2 heterocycles. The van der Waals surface area contributed by atoms with Crippen molar-refractivity contribution in [2.24, 2.45) is 7.05 Å². The van der Waals surface area contributed by atoms with E-state index < -0.39 is 0 Å². The van der Waals surface area contributed by atoms with Crippen LogP contribution in [0, 0.1) is 6.92 Å². The Morgan fingerprint density at radius 1 is 1.00 bits per heavy atom. The molecule has 1 aliphatic rings. The van der Waals surface area contributed by atoms with Crippen molar-refractivity contribution in [3.05, 3.63) is 101 Å². The monoisotopic (exact) mass is 467 g/mol. The van der Waals surface area contributed by atoms with Crippen LogP contribution in [-0.4, -0.2) is 41.5 Å². The molecule has 2 amide bonds. The van der Waals surface area contributed by atoms with Crippen LogP contribution in [0.5, 0.6) is 5.75 Å². The van der Waals surface area contributed by atoms with E-state index in [2.05, 4.69) is 36.5 Å². The third-order valence-electron chi connectivity index (χ3n) is 6.80. The second-order valence-electron chi connectivity index (χ2n) is 9.03. The Balaban J connectivity index is 1.42. The van der Waals surface area contributed by atoms with Gasteiger partial charge >= 0.3 is 0 Å². The molecule has 3 aromatic carbocycles. The summed E-state index contributed by atoms with van der Waals surface area (Å²) in [4.78, 5) is 28.3. The number of nitrogens with one attached hydrogen (secondary N) is 1. The third kappa shape index (κ3) is 4.16. The number of hydrogen-bond acceptors (Lipinski definition) is 3. The van der Waals surface area contributed by atoms with Crippen LogP contribution in [-0.2, 0) is 18.3 Å². The number of benzene rings is 3. The van der Waals surface area contributed by atoms with E-state index >= 15 is 0 Å². The Hall–Kier alpha value is -4.06. The van der Waals surface area contributed by atoms with Gasteiger partial charge in [-0.1, -0.05) is 60.2 Å². The van der Waals surface area contributed by atoms with E-state index in [1.54, 1.807) is 12.0 Å². The van der Waals surface area contributed by atoms with Crippen LogP contribution in [0.2, 0.25) is 0 Å². The number of amides is 2. The molecule has 178 valence electrons. The van der Waals surface area contributed by atoms with Gasteiger partial charge in [0.2, 0.25) is 5.91 Å². The summed E-state index contributed by atoms with van der Waals surface area (Å²) in [7, 11) is 3.54. The number of nitrogens with zero attached hydrogens (tertiary/aromatic N) is 2. The van der Waals surface area contributed by atoms with E-state index in [-0.39, 0.29) is 24.4 Å². The molecule has 1 aromatic heterocycles. The maximum Gasteiger partial charge on any atom is 0.272 e. The summed E-state index contributed by atoms with van der Waals surface area (Å²) in [6, 6.07) is 23.7. The van der Waals surface area contributed by atoms with Crippen molar-refractivity contribution in [1.82, 2.24) is 14.8 Å². The quantitative estimate of drug-likeness (QED) is 0.438. The minimum atomic E-state index is -0.350. The number of carbonyl (C=O) groups excluding carboxylic acids is 2. The summed E-state index contributed by atoms with van der Waals surface area (Å²) < 4.78 is 7.27. The molecule has 5 rings (SSSR count). The van der Waals surface area contributed by atoms with E-state index in [9.17, 15) is 9.59 Å². The zero-order valence-electron chi connectivity index (χ0n) is 20.2. The molecular formula is C29H29N3O3. The largest absolute Gasteiger partial charge is 0.497 e. The highest BCUT2D eigenvalue weighted by molar-refractivity contribution is 6.07. The summed E-state index contributed by atoms with van der Waals surface area (Å²) in [5, 5.41) is 4.02. The molecule has 1 atom stereocenters. The van der Waals surface area contributed by atoms with Crippen molar-refractivity contribution in [1.29, 1.82) is 0 Å². The molecule has 0 radical (unpaired) electrons. The molecule has 4 aromatic rings. The Bertz CT molecular complexity index is 1390. The summed E-state index contributed by atoms with van der Waals surface area (Å²) >= 11 is 0. The van der Waals surface area contributed by atoms with Crippen molar-refractivity contribution in [2.45, 2.75) is 19.4 Å². The number of para-hydroxylation sites is 1. The van der Waals surface area contributed by atoms with Gasteiger partial charge in [-0.3, -0.25) is 9.59 Å². The van der Waals surface area contributed by atoms with E-state index in [0.29, 0.717) is 12.2 Å². The minimum Gasteiger partial charge on any atom is -0.497 e. The molecule has 0 aliphatic carbocycles. The van der Waals surface area contributed by atoms with E-state index in [1.807, 2.05) is 60.1 Å². The predicted molar refractivity (Wildman–Crippen MR) is 137 cm³/mol. The number of hydrogen-bond donors (Lipinski definition) is 1. The normalized spacial score (nSPS) is 14.9. The standard InChI is InChI=1S/C29H29N3O3/c1-19-8-10-20(11-9-19)16-17-30-25(33)18-32-27(21-12-14-22(35-3)15-13-21)26-23-6-4-5-7-24(23)31(2)28(26)29(32)34/h4-15,27H,16-18H2,1-3H3,(H,30,33).